The Labute approximate surface area is 94.2 Å². The normalized spacial score (nSPS) is 12.8. The Morgan fingerprint density at radius 1 is 1.57 bits per heavy atom. The van der Waals surface area contributed by atoms with Crippen molar-refractivity contribution in [2.75, 3.05) is 12.3 Å². The van der Waals surface area contributed by atoms with Gasteiger partial charge < -0.3 is 5.73 Å². The van der Waals surface area contributed by atoms with Crippen LogP contribution in [0, 0.1) is 5.92 Å². The van der Waals surface area contributed by atoms with Crippen molar-refractivity contribution in [1.29, 1.82) is 0 Å². The minimum absolute atomic E-state index is 0.565. The van der Waals surface area contributed by atoms with Gasteiger partial charge in [0.15, 0.2) is 0 Å². The zero-order valence-electron chi connectivity index (χ0n) is 8.24. The van der Waals surface area contributed by atoms with Crippen LogP contribution in [0.1, 0.15) is 12.6 Å². The van der Waals surface area contributed by atoms with Gasteiger partial charge in [-0.3, -0.25) is 0 Å². The molecule has 0 fully saturated rings. The van der Waals surface area contributed by atoms with Crippen LogP contribution in [0.5, 0.6) is 0 Å². The molecular formula is C10H15ClN2S. The number of pyridine rings is 1. The summed E-state index contributed by atoms with van der Waals surface area (Å²) in [6, 6.07) is 5.71. The molecule has 0 amide bonds. The Hall–Kier alpha value is -0.250. The third kappa shape index (κ3) is 4.31. The van der Waals surface area contributed by atoms with E-state index in [2.05, 4.69) is 11.9 Å². The highest BCUT2D eigenvalue weighted by Crippen LogP contribution is 2.15. The minimum Gasteiger partial charge on any atom is -0.330 e. The molecule has 1 unspecified atom stereocenters. The minimum atomic E-state index is 0.565. The van der Waals surface area contributed by atoms with E-state index >= 15 is 0 Å². The SMILES string of the molecule is CC(CN)CSCc1cccc(Cl)n1. The molecule has 0 bridgehead atoms. The predicted octanol–water partition coefficient (Wildman–Crippen LogP) is 2.56. The van der Waals surface area contributed by atoms with Gasteiger partial charge in [-0.15, -0.1) is 0 Å². The molecule has 1 atom stereocenters. The van der Waals surface area contributed by atoms with Crippen molar-refractivity contribution < 1.29 is 0 Å². The molecule has 0 saturated carbocycles. The molecule has 14 heavy (non-hydrogen) atoms. The summed E-state index contributed by atoms with van der Waals surface area (Å²) < 4.78 is 0. The van der Waals surface area contributed by atoms with E-state index in [0.29, 0.717) is 11.1 Å². The third-order valence-electron chi connectivity index (χ3n) is 1.83. The lowest BCUT2D eigenvalue weighted by Crippen LogP contribution is -2.12. The molecule has 1 rings (SSSR count). The number of hydrogen-bond donors (Lipinski definition) is 1. The van der Waals surface area contributed by atoms with Crippen LogP contribution in [0.4, 0.5) is 0 Å². The second kappa shape index (κ2) is 6.27. The molecule has 0 aliphatic heterocycles. The summed E-state index contributed by atoms with van der Waals surface area (Å²) in [4.78, 5) is 4.21. The van der Waals surface area contributed by atoms with Crippen LogP contribution in [0.2, 0.25) is 5.15 Å². The summed E-state index contributed by atoms with van der Waals surface area (Å²) in [6.45, 7) is 2.90. The average molecular weight is 231 g/mol. The van der Waals surface area contributed by atoms with Gasteiger partial charge in [0.25, 0.3) is 0 Å². The predicted molar refractivity (Wildman–Crippen MR) is 63.6 cm³/mol. The van der Waals surface area contributed by atoms with Crippen molar-refractivity contribution in [3.63, 3.8) is 0 Å². The number of rotatable bonds is 5. The first-order valence-electron chi connectivity index (χ1n) is 4.61. The fourth-order valence-electron chi connectivity index (χ4n) is 0.963. The van der Waals surface area contributed by atoms with Gasteiger partial charge in [-0.1, -0.05) is 24.6 Å². The molecule has 0 radical (unpaired) electrons. The summed E-state index contributed by atoms with van der Waals surface area (Å²) >= 11 is 7.62. The van der Waals surface area contributed by atoms with E-state index in [-0.39, 0.29) is 0 Å². The maximum absolute atomic E-state index is 5.77. The molecule has 2 N–H and O–H groups in total. The second-order valence-corrected chi connectivity index (χ2v) is 4.73. The Balaban J connectivity index is 2.31. The van der Waals surface area contributed by atoms with Gasteiger partial charge in [0.1, 0.15) is 5.15 Å². The zero-order chi connectivity index (χ0) is 10.4. The number of thioether (sulfide) groups is 1. The Morgan fingerprint density at radius 3 is 3.00 bits per heavy atom. The molecule has 1 aromatic heterocycles. The first-order chi connectivity index (χ1) is 6.72. The summed E-state index contributed by atoms with van der Waals surface area (Å²) in [6.07, 6.45) is 0. The topological polar surface area (TPSA) is 38.9 Å². The highest BCUT2D eigenvalue weighted by Gasteiger charge is 2.00. The van der Waals surface area contributed by atoms with Crippen molar-refractivity contribution >= 4 is 23.4 Å². The van der Waals surface area contributed by atoms with Gasteiger partial charge in [0.05, 0.1) is 5.69 Å². The van der Waals surface area contributed by atoms with Gasteiger partial charge in [-0.2, -0.15) is 11.8 Å². The molecule has 4 heteroatoms. The lowest BCUT2D eigenvalue weighted by molar-refractivity contribution is 0.675. The van der Waals surface area contributed by atoms with E-state index in [1.165, 1.54) is 0 Å². The maximum Gasteiger partial charge on any atom is 0.129 e. The van der Waals surface area contributed by atoms with Crippen LogP contribution in [0.15, 0.2) is 18.2 Å². The van der Waals surface area contributed by atoms with Crippen LogP contribution in [0.25, 0.3) is 0 Å². The van der Waals surface area contributed by atoms with Crippen molar-refractivity contribution in [2.45, 2.75) is 12.7 Å². The number of hydrogen-bond acceptors (Lipinski definition) is 3. The van der Waals surface area contributed by atoms with Crippen LogP contribution in [0.3, 0.4) is 0 Å². The summed E-state index contributed by atoms with van der Waals surface area (Å²) in [5.74, 6) is 2.55. The highest BCUT2D eigenvalue weighted by atomic mass is 35.5. The highest BCUT2D eigenvalue weighted by molar-refractivity contribution is 7.98. The van der Waals surface area contributed by atoms with Crippen LogP contribution in [-0.4, -0.2) is 17.3 Å². The fraction of sp³-hybridized carbons (Fsp3) is 0.500. The number of nitrogens with zero attached hydrogens (tertiary/aromatic N) is 1. The fourth-order valence-corrected chi connectivity index (χ4v) is 2.17. The molecule has 0 spiro atoms. The Bertz CT molecular complexity index is 281. The average Bonchev–Trinajstić information content (AvgIpc) is 2.17. The van der Waals surface area contributed by atoms with E-state index in [1.807, 2.05) is 23.9 Å². The van der Waals surface area contributed by atoms with Crippen LogP contribution >= 0.6 is 23.4 Å². The first-order valence-corrected chi connectivity index (χ1v) is 6.15. The van der Waals surface area contributed by atoms with Gasteiger partial charge in [-0.25, -0.2) is 4.98 Å². The van der Waals surface area contributed by atoms with Gasteiger partial charge in [0, 0.05) is 5.75 Å². The molecule has 0 aromatic carbocycles. The number of halogens is 1. The van der Waals surface area contributed by atoms with E-state index < -0.39 is 0 Å². The molecule has 78 valence electrons. The summed E-state index contributed by atoms with van der Waals surface area (Å²) in [7, 11) is 0. The standard InChI is InChI=1S/C10H15ClN2S/c1-8(5-12)6-14-7-9-3-2-4-10(11)13-9/h2-4,8H,5-7,12H2,1H3. The molecule has 2 nitrogen and oxygen atoms in total. The third-order valence-corrected chi connectivity index (χ3v) is 3.34. The van der Waals surface area contributed by atoms with Gasteiger partial charge in [-0.05, 0) is 30.3 Å². The number of nitrogens with two attached hydrogens (primary N) is 1. The Kier molecular flexibility index (Phi) is 5.30. The van der Waals surface area contributed by atoms with Crippen molar-refractivity contribution in [2.24, 2.45) is 11.7 Å². The van der Waals surface area contributed by atoms with E-state index in [0.717, 1.165) is 23.7 Å². The largest absolute Gasteiger partial charge is 0.330 e. The molecule has 1 aromatic rings. The second-order valence-electron chi connectivity index (χ2n) is 3.31. The van der Waals surface area contributed by atoms with Crippen LogP contribution < -0.4 is 5.73 Å². The molecule has 0 aliphatic carbocycles. The molecule has 0 aliphatic rings. The Morgan fingerprint density at radius 2 is 2.36 bits per heavy atom. The van der Waals surface area contributed by atoms with E-state index in [4.69, 9.17) is 17.3 Å². The monoisotopic (exact) mass is 230 g/mol. The van der Waals surface area contributed by atoms with Gasteiger partial charge >= 0.3 is 0 Å². The lowest BCUT2D eigenvalue weighted by Gasteiger charge is -2.07. The smallest absolute Gasteiger partial charge is 0.129 e. The molecular weight excluding hydrogens is 216 g/mol. The van der Waals surface area contributed by atoms with E-state index in [9.17, 15) is 0 Å². The van der Waals surface area contributed by atoms with Crippen molar-refractivity contribution in [1.82, 2.24) is 4.98 Å². The number of aromatic nitrogens is 1. The quantitative estimate of drug-likeness (QED) is 0.791. The molecule has 0 saturated heterocycles. The van der Waals surface area contributed by atoms with Gasteiger partial charge in [0.2, 0.25) is 0 Å². The van der Waals surface area contributed by atoms with Crippen molar-refractivity contribution in [3.8, 4) is 0 Å². The zero-order valence-corrected chi connectivity index (χ0v) is 9.81. The summed E-state index contributed by atoms with van der Waals surface area (Å²) in [5.41, 5.74) is 6.56. The lowest BCUT2D eigenvalue weighted by atomic mass is 10.2. The maximum atomic E-state index is 5.77. The summed E-state index contributed by atoms with van der Waals surface area (Å²) in [5, 5.41) is 0.565. The molecule has 1 heterocycles. The first kappa shape index (κ1) is 11.8. The van der Waals surface area contributed by atoms with Crippen molar-refractivity contribution in [3.05, 3.63) is 29.0 Å². The van der Waals surface area contributed by atoms with E-state index in [1.54, 1.807) is 6.07 Å². The van der Waals surface area contributed by atoms with Crippen LogP contribution in [-0.2, 0) is 5.75 Å².